The molecule has 0 fully saturated rings. The van der Waals surface area contributed by atoms with Crippen LogP contribution in [0.25, 0.3) is 5.69 Å². The summed E-state index contributed by atoms with van der Waals surface area (Å²) in [6, 6.07) is 12.2. The summed E-state index contributed by atoms with van der Waals surface area (Å²) in [6.45, 7) is 0.0422. The Hall–Kier alpha value is -3.49. The monoisotopic (exact) mass is 371 g/mol. The van der Waals surface area contributed by atoms with Crippen LogP contribution in [0.4, 0.5) is 13.2 Å². The Labute approximate surface area is 151 Å². The molecule has 2 heterocycles. The zero-order valence-electron chi connectivity index (χ0n) is 13.7. The van der Waals surface area contributed by atoms with Gasteiger partial charge in [0.1, 0.15) is 0 Å². The molecule has 0 aliphatic carbocycles. The highest BCUT2D eigenvalue weighted by atomic mass is 19.4. The second kappa shape index (κ2) is 6.04. The molecule has 2 aromatic carbocycles. The summed E-state index contributed by atoms with van der Waals surface area (Å²) in [5.41, 5.74) is 6.07. The van der Waals surface area contributed by atoms with Gasteiger partial charge in [-0.3, -0.25) is 9.79 Å². The normalized spacial score (nSPS) is 13.4. The predicted molar refractivity (Wildman–Crippen MR) is 90.7 cm³/mol. The molecule has 1 aromatic heterocycles. The number of halogens is 3. The third-order valence-corrected chi connectivity index (χ3v) is 4.13. The van der Waals surface area contributed by atoms with Gasteiger partial charge in [-0.1, -0.05) is 30.3 Å². The van der Waals surface area contributed by atoms with Crippen LogP contribution < -0.4 is 5.73 Å². The van der Waals surface area contributed by atoms with Crippen molar-refractivity contribution in [1.29, 1.82) is 0 Å². The number of hydrogen-bond acceptors (Lipinski definition) is 4. The molecule has 2 N–H and O–H groups in total. The average molecular weight is 371 g/mol. The molecule has 3 aromatic rings. The Kier molecular flexibility index (Phi) is 3.79. The van der Waals surface area contributed by atoms with Crippen molar-refractivity contribution in [2.45, 2.75) is 12.7 Å². The van der Waals surface area contributed by atoms with Crippen molar-refractivity contribution in [2.24, 2.45) is 10.7 Å². The van der Waals surface area contributed by atoms with Crippen molar-refractivity contribution >= 4 is 11.6 Å². The molecule has 136 valence electrons. The first-order valence-corrected chi connectivity index (χ1v) is 7.92. The number of benzene rings is 2. The van der Waals surface area contributed by atoms with Gasteiger partial charge in [0.25, 0.3) is 5.91 Å². The number of nitrogens with zero attached hydrogens (tertiary/aromatic N) is 4. The molecular weight excluding hydrogens is 359 g/mol. The van der Waals surface area contributed by atoms with E-state index >= 15 is 0 Å². The highest BCUT2D eigenvalue weighted by molar-refractivity contribution is 6.15. The largest absolute Gasteiger partial charge is 0.416 e. The van der Waals surface area contributed by atoms with Gasteiger partial charge in [0.2, 0.25) is 5.82 Å². The molecule has 0 spiro atoms. The number of carbonyl (C=O) groups excluding carboxylic acids is 1. The van der Waals surface area contributed by atoms with Crippen molar-refractivity contribution in [3.8, 4) is 5.69 Å². The molecular formula is C18H12F3N5O. The van der Waals surface area contributed by atoms with E-state index in [1.807, 2.05) is 0 Å². The SMILES string of the molecule is NC(=O)c1nc2n(n1)-c1ccc(C(F)(F)F)cc1C(c1ccccc1)=NC2. The average Bonchev–Trinajstić information content (AvgIpc) is 3.00. The lowest BCUT2D eigenvalue weighted by atomic mass is 9.98. The fraction of sp³-hybridized carbons (Fsp3) is 0.111. The number of amides is 1. The van der Waals surface area contributed by atoms with E-state index in [0.29, 0.717) is 22.8 Å². The topological polar surface area (TPSA) is 86.2 Å². The maximum Gasteiger partial charge on any atom is 0.416 e. The van der Waals surface area contributed by atoms with Gasteiger partial charge in [-0.2, -0.15) is 13.2 Å². The smallest absolute Gasteiger partial charge is 0.363 e. The maximum absolute atomic E-state index is 13.3. The molecule has 0 bridgehead atoms. The zero-order valence-corrected chi connectivity index (χ0v) is 13.7. The van der Waals surface area contributed by atoms with E-state index < -0.39 is 17.6 Å². The lowest BCUT2D eigenvalue weighted by Crippen LogP contribution is -2.15. The molecule has 9 heteroatoms. The minimum absolute atomic E-state index is 0.0422. The van der Waals surface area contributed by atoms with Crippen LogP contribution in [-0.4, -0.2) is 26.4 Å². The Morgan fingerprint density at radius 1 is 1.11 bits per heavy atom. The number of carbonyl (C=O) groups is 1. The summed E-state index contributed by atoms with van der Waals surface area (Å²) in [7, 11) is 0. The molecule has 1 aliphatic rings. The molecule has 0 radical (unpaired) electrons. The lowest BCUT2D eigenvalue weighted by molar-refractivity contribution is -0.137. The molecule has 0 atom stereocenters. The van der Waals surface area contributed by atoms with Crippen molar-refractivity contribution in [3.05, 3.63) is 76.9 Å². The van der Waals surface area contributed by atoms with Crippen LogP contribution >= 0.6 is 0 Å². The number of alkyl halides is 3. The fourth-order valence-corrected chi connectivity index (χ4v) is 2.91. The number of primary amides is 1. The quantitative estimate of drug-likeness (QED) is 0.752. The van der Waals surface area contributed by atoms with Crippen LogP contribution in [0.3, 0.4) is 0 Å². The number of aromatic nitrogens is 3. The van der Waals surface area contributed by atoms with Crippen LogP contribution in [0, 0.1) is 0 Å². The second-order valence-electron chi connectivity index (χ2n) is 5.89. The third kappa shape index (κ3) is 2.97. The molecule has 0 unspecified atom stereocenters. The van der Waals surface area contributed by atoms with E-state index in [1.54, 1.807) is 30.3 Å². The maximum atomic E-state index is 13.3. The first kappa shape index (κ1) is 17.0. The van der Waals surface area contributed by atoms with Gasteiger partial charge < -0.3 is 5.73 Å². The minimum Gasteiger partial charge on any atom is -0.363 e. The summed E-state index contributed by atoms with van der Waals surface area (Å²) in [6.07, 6.45) is -4.51. The third-order valence-electron chi connectivity index (χ3n) is 4.13. The number of rotatable bonds is 2. The summed E-state index contributed by atoms with van der Waals surface area (Å²) in [4.78, 5) is 19.9. The molecule has 27 heavy (non-hydrogen) atoms. The molecule has 0 saturated heterocycles. The highest BCUT2D eigenvalue weighted by Gasteiger charge is 2.33. The van der Waals surface area contributed by atoms with E-state index in [1.165, 1.54) is 10.7 Å². The Balaban J connectivity index is 1.98. The summed E-state index contributed by atoms with van der Waals surface area (Å²) in [5.74, 6) is -0.721. The second-order valence-corrected chi connectivity index (χ2v) is 5.89. The van der Waals surface area contributed by atoms with Crippen LogP contribution in [0.2, 0.25) is 0 Å². The van der Waals surface area contributed by atoms with E-state index in [4.69, 9.17) is 5.73 Å². The predicted octanol–water partition coefficient (Wildman–Crippen LogP) is 2.74. The van der Waals surface area contributed by atoms with Crippen LogP contribution in [0.15, 0.2) is 53.5 Å². The highest BCUT2D eigenvalue weighted by Crippen LogP contribution is 2.33. The molecule has 6 nitrogen and oxygen atoms in total. The van der Waals surface area contributed by atoms with Crippen LogP contribution in [-0.2, 0) is 12.7 Å². The lowest BCUT2D eigenvalue weighted by Gasteiger charge is -2.14. The summed E-state index contributed by atoms with van der Waals surface area (Å²) >= 11 is 0. The minimum atomic E-state index is -4.51. The van der Waals surface area contributed by atoms with Crippen molar-refractivity contribution in [3.63, 3.8) is 0 Å². The first-order chi connectivity index (χ1) is 12.8. The van der Waals surface area contributed by atoms with Crippen molar-refractivity contribution in [2.75, 3.05) is 0 Å². The van der Waals surface area contributed by atoms with Gasteiger partial charge in [0, 0.05) is 11.1 Å². The Morgan fingerprint density at radius 3 is 2.52 bits per heavy atom. The molecule has 0 saturated carbocycles. The zero-order chi connectivity index (χ0) is 19.2. The van der Waals surface area contributed by atoms with Gasteiger partial charge in [-0.25, -0.2) is 9.67 Å². The first-order valence-electron chi connectivity index (χ1n) is 7.92. The summed E-state index contributed by atoms with van der Waals surface area (Å²) in [5, 5.41) is 4.05. The van der Waals surface area contributed by atoms with E-state index in [-0.39, 0.29) is 17.9 Å². The number of hydrogen-bond donors (Lipinski definition) is 1. The van der Waals surface area contributed by atoms with Crippen LogP contribution in [0.5, 0.6) is 0 Å². The molecule has 1 aliphatic heterocycles. The van der Waals surface area contributed by atoms with Gasteiger partial charge in [0.05, 0.1) is 23.5 Å². The Bertz CT molecular complexity index is 1070. The standard InChI is InChI=1S/C18H12F3N5O/c19-18(20,21)11-6-7-13-12(8-11)15(10-4-2-1-3-5-10)23-9-14-24-17(16(22)27)25-26(13)14/h1-8H,9H2,(H2,22,27). The fourth-order valence-electron chi connectivity index (χ4n) is 2.91. The van der Waals surface area contributed by atoms with E-state index in [0.717, 1.165) is 12.1 Å². The van der Waals surface area contributed by atoms with Gasteiger partial charge in [-0.15, -0.1) is 5.10 Å². The van der Waals surface area contributed by atoms with Gasteiger partial charge in [-0.05, 0) is 18.2 Å². The number of fused-ring (bicyclic) bond motifs is 3. The van der Waals surface area contributed by atoms with Crippen molar-refractivity contribution < 1.29 is 18.0 Å². The van der Waals surface area contributed by atoms with Gasteiger partial charge >= 0.3 is 6.18 Å². The number of nitrogens with two attached hydrogens (primary N) is 1. The Morgan fingerprint density at radius 2 is 1.85 bits per heavy atom. The van der Waals surface area contributed by atoms with E-state index in [2.05, 4.69) is 15.1 Å². The van der Waals surface area contributed by atoms with Gasteiger partial charge in [0.15, 0.2) is 5.82 Å². The number of aliphatic imine (C=N–C) groups is 1. The van der Waals surface area contributed by atoms with E-state index in [9.17, 15) is 18.0 Å². The molecule has 1 amide bonds. The van der Waals surface area contributed by atoms with Crippen molar-refractivity contribution in [1.82, 2.24) is 14.8 Å². The molecule has 4 rings (SSSR count). The summed E-state index contributed by atoms with van der Waals surface area (Å²) < 4.78 is 41.1. The van der Waals surface area contributed by atoms with Crippen LogP contribution in [0.1, 0.15) is 33.1 Å².